The fraction of sp³-hybridized carbons (Fsp3) is 0.345. The van der Waals surface area contributed by atoms with E-state index in [0.29, 0.717) is 21.4 Å². The summed E-state index contributed by atoms with van der Waals surface area (Å²) in [5.74, 6) is -1.41. The number of fused-ring (bicyclic) bond motifs is 1. The highest BCUT2D eigenvalue weighted by Crippen LogP contribution is 2.52. The third-order valence-corrected chi connectivity index (χ3v) is 9.32. The minimum atomic E-state index is -1.92. The lowest BCUT2D eigenvalue weighted by Gasteiger charge is -2.48. The van der Waals surface area contributed by atoms with Gasteiger partial charge in [0, 0.05) is 28.5 Å². The van der Waals surface area contributed by atoms with Crippen LogP contribution in [0.3, 0.4) is 0 Å². The first-order chi connectivity index (χ1) is 19.4. The lowest BCUT2D eigenvalue weighted by atomic mass is 9.79. The topological polar surface area (TPSA) is 125 Å². The molecule has 1 aromatic heterocycles. The van der Waals surface area contributed by atoms with Crippen LogP contribution in [-0.4, -0.2) is 47.1 Å². The third kappa shape index (κ3) is 5.85. The summed E-state index contributed by atoms with van der Waals surface area (Å²) in [6.45, 7) is 10.0. The van der Waals surface area contributed by atoms with Crippen LogP contribution in [-0.2, 0) is 25.4 Å². The highest BCUT2D eigenvalue weighted by Gasteiger charge is 2.61. The van der Waals surface area contributed by atoms with E-state index in [0.717, 1.165) is 5.56 Å². The van der Waals surface area contributed by atoms with E-state index in [1.54, 1.807) is 6.26 Å². The number of carbonyl (C=O) groups is 2. The Bertz CT molecular complexity index is 1500. The standard InChI is InChI=1S/C29H31N3O7SSi/c1-17-24-23(18(2)39-41(3,4)5)27(33)31(24)25(28(34)37-15-19-11-13-21(14-12-19)32(35)36)26(17)40-29-30-22(16-38-29)20-9-7-6-8-10-20/h6-14,16-18,23-24H,15H2,1-5H3/t17-,18-,23-,24-/m1/s1. The third-order valence-electron chi connectivity index (χ3n) is 7.09. The van der Waals surface area contributed by atoms with Crippen molar-refractivity contribution >= 4 is 37.6 Å². The Balaban J connectivity index is 1.41. The van der Waals surface area contributed by atoms with Gasteiger partial charge in [0.05, 0.1) is 23.0 Å². The monoisotopic (exact) mass is 593 g/mol. The average Bonchev–Trinajstić information content (AvgIpc) is 3.48. The van der Waals surface area contributed by atoms with Gasteiger partial charge in [-0.15, -0.1) is 0 Å². The molecule has 1 amide bonds. The molecule has 0 aliphatic carbocycles. The molecule has 3 aromatic rings. The van der Waals surface area contributed by atoms with Crippen LogP contribution in [0, 0.1) is 22.0 Å². The van der Waals surface area contributed by atoms with Gasteiger partial charge in [-0.1, -0.05) is 37.3 Å². The maximum absolute atomic E-state index is 13.5. The highest BCUT2D eigenvalue weighted by molar-refractivity contribution is 8.03. The molecule has 41 heavy (non-hydrogen) atoms. The van der Waals surface area contributed by atoms with Gasteiger partial charge in [0.1, 0.15) is 24.3 Å². The zero-order valence-corrected chi connectivity index (χ0v) is 25.2. The van der Waals surface area contributed by atoms with E-state index in [1.807, 2.05) is 44.2 Å². The predicted octanol–water partition coefficient (Wildman–Crippen LogP) is 6.01. The Morgan fingerprint density at radius 2 is 1.85 bits per heavy atom. The van der Waals surface area contributed by atoms with Gasteiger partial charge in [0.25, 0.3) is 10.9 Å². The molecular weight excluding hydrogens is 562 g/mol. The smallest absolute Gasteiger partial charge is 0.356 e. The van der Waals surface area contributed by atoms with Crippen molar-refractivity contribution in [1.82, 2.24) is 9.88 Å². The summed E-state index contributed by atoms with van der Waals surface area (Å²) >= 11 is 1.21. The van der Waals surface area contributed by atoms with Crippen LogP contribution in [0.25, 0.3) is 11.3 Å². The quantitative estimate of drug-likeness (QED) is 0.0913. The van der Waals surface area contributed by atoms with E-state index in [4.69, 9.17) is 13.6 Å². The Labute approximate surface area is 243 Å². The summed E-state index contributed by atoms with van der Waals surface area (Å²) in [4.78, 5) is 44.3. The summed E-state index contributed by atoms with van der Waals surface area (Å²) in [5, 5.41) is 11.3. The molecule has 214 valence electrons. The number of thioether (sulfide) groups is 1. The fourth-order valence-corrected chi connectivity index (χ4v) is 7.63. The van der Waals surface area contributed by atoms with Crippen molar-refractivity contribution in [2.24, 2.45) is 11.8 Å². The Kier molecular flexibility index (Phi) is 7.90. The first-order valence-corrected chi connectivity index (χ1v) is 17.5. The van der Waals surface area contributed by atoms with Crippen LogP contribution < -0.4 is 0 Å². The average molecular weight is 594 g/mol. The lowest BCUT2D eigenvalue weighted by Crippen LogP contribution is -2.64. The van der Waals surface area contributed by atoms with Gasteiger partial charge in [-0.05, 0) is 56.0 Å². The number of amides is 1. The van der Waals surface area contributed by atoms with Crippen LogP contribution in [0.1, 0.15) is 19.4 Å². The van der Waals surface area contributed by atoms with Crippen molar-refractivity contribution in [3.63, 3.8) is 0 Å². The fourth-order valence-electron chi connectivity index (χ4n) is 5.34. The van der Waals surface area contributed by atoms with Gasteiger partial charge >= 0.3 is 5.97 Å². The van der Waals surface area contributed by atoms with Crippen molar-refractivity contribution in [2.45, 2.75) is 57.5 Å². The molecular formula is C29H31N3O7SSi. The van der Waals surface area contributed by atoms with Crippen LogP contribution in [0.2, 0.25) is 19.6 Å². The zero-order chi connectivity index (χ0) is 29.5. The first-order valence-electron chi connectivity index (χ1n) is 13.3. The Hall–Kier alpha value is -3.74. The second-order valence-corrected chi connectivity index (χ2v) is 16.6. The number of esters is 1. The molecule has 5 rings (SSSR count). The predicted molar refractivity (Wildman–Crippen MR) is 155 cm³/mol. The van der Waals surface area contributed by atoms with Crippen molar-refractivity contribution in [2.75, 3.05) is 0 Å². The Morgan fingerprint density at radius 1 is 1.17 bits per heavy atom. The molecule has 1 saturated heterocycles. The molecule has 0 saturated carbocycles. The number of benzene rings is 2. The molecule has 12 heteroatoms. The van der Waals surface area contributed by atoms with E-state index in [-0.39, 0.29) is 42.0 Å². The summed E-state index contributed by atoms with van der Waals surface area (Å²) in [5.41, 5.74) is 2.27. The van der Waals surface area contributed by atoms with Crippen LogP contribution in [0.4, 0.5) is 5.69 Å². The van der Waals surface area contributed by atoms with Crippen molar-refractivity contribution in [1.29, 1.82) is 0 Å². The van der Waals surface area contributed by atoms with Crippen molar-refractivity contribution < 1.29 is 28.1 Å². The second kappa shape index (κ2) is 11.3. The number of non-ortho nitro benzene ring substituents is 1. The van der Waals surface area contributed by atoms with E-state index >= 15 is 0 Å². The van der Waals surface area contributed by atoms with Crippen LogP contribution in [0.5, 0.6) is 0 Å². The largest absolute Gasteiger partial charge is 0.456 e. The summed E-state index contributed by atoms with van der Waals surface area (Å²) in [6, 6.07) is 15.1. The maximum Gasteiger partial charge on any atom is 0.356 e. The number of rotatable bonds is 10. The molecule has 10 nitrogen and oxygen atoms in total. The molecule has 0 spiro atoms. The molecule has 3 heterocycles. The van der Waals surface area contributed by atoms with Gasteiger partial charge in [-0.3, -0.25) is 14.9 Å². The van der Waals surface area contributed by atoms with E-state index < -0.39 is 25.1 Å². The first kappa shape index (κ1) is 28.8. The SMILES string of the molecule is C[C@@H](O[Si](C)(C)C)[C@H]1C(=O)N2C(C(=O)OCc3ccc([N+](=O)[O-])cc3)=C(Sc3nc(-c4ccccc4)co3)[C@H](C)[C@H]12. The molecule has 2 aromatic carbocycles. The van der Waals surface area contributed by atoms with Gasteiger partial charge < -0.3 is 18.5 Å². The van der Waals surface area contributed by atoms with E-state index in [1.165, 1.54) is 40.9 Å². The van der Waals surface area contributed by atoms with Crippen molar-refractivity contribution in [3.8, 4) is 11.3 Å². The summed E-state index contributed by atoms with van der Waals surface area (Å²) < 4.78 is 17.7. The van der Waals surface area contributed by atoms with Crippen molar-refractivity contribution in [3.05, 3.63) is 87.1 Å². The number of carbonyl (C=O) groups excluding carboxylic acids is 2. The zero-order valence-electron chi connectivity index (χ0n) is 23.4. The van der Waals surface area contributed by atoms with Gasteiger partial charge in [0.2, 0.25) is 5.91 Å². The molecule has 0 unspecified atom stereocenters. The molecule has 0 N–H and O–H groups in total. The van der Waals surface area contributed by atoms with E-state index in [2.05, 4.69) is 24.6 Å². The van der Waals surface area contributed by atoms with Gasteiger partial charge in [-0.25, -0.2) is 9.78 Å². The van der Waals surface area contributed by atoms with Crippen LogP contribution in [0.15, 0.2) is 81.1 Å². The number of oxazole rings is 1. The molecule has 0 bridgehead atoms. The maximum atomic E-state index is 13.5. The number of nitrogens with zero attached hydrogens (tertiary/aromatic N) is 3. The number of aromatic nitrogens is 1. The number of β-lactam (4-membered cyclic amide) rings is 1. The number of nitro groups is 1. The number of ether oxygens (including phenoxy) is 1. The summed E-state index contributed by atoms with van der Waals surface area (Å²) in [6.07, 6.45) is 1.27. The summed E-state index contributed by atoms with van der Waals surface area (Å²) in [7, 11) is -1.92. The molecule has 4 atom stereocenters. The number of hydrogen-bond donors (Lipinski definition) is 0. The minimum Gasteiger partial charge on any atom is -0.456 e. The minimum absolute atomic E-state index is 0.0541. The number of nitro benzene ring substituents is 1. The number of hydrogen-bond acceptors (Lipinski definition) is 9. The lowest BCUT2D eigenvalue weighted by molar-refractivity contribution is -0.384. The molecule has 0 radical (unpaired) electrons. The highest BCUT2D eigenvalue weighted by atomic mass is 32.2. The van der Waals surface area contributed by atoms with Gasteiger partial charge in [-0.2, -0.15) is 0 Å². The Morgan fingerprint density at radius 3 is 2.49 bits per heavy atom. The second-order valence-electron chi connectivity index (χ2n) is 11.1. The van der Waals surface area contributed by atoms with E-state index in [9.17, 15) is 19.7 Å². The molecule has 2 aliphatic heterocycles. The molecule has 2 aliphatic rings. The van der Waals surface area contributed by atoms with Crippen LogP contribution >= 0.6 is 11.8 Å². The molecule has 1 fully saturated rings. The normalized spacial score (nSPS) is 21.0. The van der Waals surface area contributed by atoms with Gasteiger partial charge in [0.15, 0.2) is 8.32 Å².